The number of hydrogen-bond donors (Lipinski definition) is 2. The smallest absolute Gasteiger partial charge is 0.264 e. The third kappa shape index (κ3) is 1.43. The molecule has 0 radical (unpaired) electrons. The maximum absolute atomic E-state index is 12.0. The third-order valence-corrected chi connectivity index (χ3v) is 3.06. The van der Waals surface area contributed by atoms with Crippen molar-refractivity contribution in [2.75, 3.05) is 7.05 Å². The lowest BCUT2D eigenvalue weighted by molar-refractivity contribution is -0.124. The number of nitrogens with zero attached hydrogens (tertiary/aromatic N) is 1. The monoisotopic (exact) mass is 231 g/mol. The molecule has 1 unspecified atom stereocenters. The molecule has 0 saturated carbocycles. The van der Waals surface area contributed by atoms with Crippen LogP contribution in [0.5, 0.6) is 0 Å². The maximum atomic E-state index is 12.0. The molecule has 0 spiro atoms. The Balaban J connectivity index is 2.67. The number of likely N-dealkylation sites (N-methyl/N-ethyl adjacent to an activating group) is 1. The zero-order chi connectivity index (χ0) is 12.6. The van der Waals surface area contributed by atoms with Gasteiger partial charge in [-0.3, -0.25) is 9.59 Å². The number of amides is 2. The van der Waals surface area contributed by atoms with Crippen LogP contribution in [0.15, 0.2) is 29.3 Å². The zero-order valence-electron chi connectivity index (χ0n) is 9.65. The number of aliphatic imine (C=N–C) groups is 1. The average molecular weight is 231 g/mol. The van der Waals surface area contributed by atoms with Crippen LogP contribution in [-0.4, -0.2) is 24.6 Å². The van der Waals surface area contributed by atoms with E-state index in [0.717, 1.165) is 0 Å². The molecule has 0 fully saturated rings. The lowest BCUT2D eigenvalue weighted by atomic mass is 9.78. The van der Waals surface area contributed by atoms with E-state index in [1.807, 2.05) is 0 Å². The Morgan fingerprint density at radius 1 is 1.35 bits per heavy atom. The van der Waals surface area contributed by atoms with Crippen molar-refractivity contribution in [3.63, 3.8) is 0 Å². The van der Waals surface area contributed by atoms with Gasteiger partial charge >= 0.3 is 0 Å². The summed E-state index contributed by atoms with van der Waals surface area (Å²) in [4.78, 5) is 27.6. The van der Waals surface area contributed by atoms with Crippen molar-refractivity contribution in [2.45, 2.75) is 12.3 Å². The first-order valence-electron chi connectivity index (χ1n) is 5.22. The number of nitrogens with one attached hydrogen (secondary N) is 1. The number of fused-ring (bicyclic) bond motifs is 1. The molecule has 1 atom stereocenters. The van der Waals surface area contributed by atoms with E-state index >= 15 is 0 Å². The summed E-state index contributed by atoms with van der Waals surface area (Å²) in [6.45, 7) is 1.65. The molecule has 17 heavy (non-hydrogen) atoms. The average Bonchev–Trinajstić information content (AvgIpc) is 2.64. The van der Waals surface area contributed by atoms with E-state index in [9.17, 15) is 9.59 Å². The van der Waals surface area contributed by atoms with E-state index in [4.69, 9.17) is 5.73 Å². The fourth-order valence-electron chi connectivity index (χ4n) is 2.14. The Hall–Kier alpha value is -2.17. The summed E-state index contributed by atoms with van der Waals surface area (Å²) in [6, 6.07) is 7.15. The van der Waals surface area contributed by atoms with Gasteiger partial charge in [0, 0.05) is 7.05 Å². The first-order chi connectivity index (χ1) is 8.01. The first-order valence-corrected chi connectivity index (χ1v) is 5.22. The molecule has 0 bridgehead atoms. The Labute approximate surface area is 98.7 Å². The molecular weight excluding hydrogens is 218 g/mol. The van der Waals surface area contributed by atoms with E-state index in [1.165, 1.54) is 7.05 Å². The lowest BCUT2D eigenvalue weighted by Crippen LogP contribution is -2.49. The summed E-state index contributed by atoms with van der Waals surface area (Å²) < 4.78 is 0. The molecule has 1 heterocycles. The van der Waals surface area contributed by atoms with Gasteiger partial charge in [-0.25, -0.2) is 4.99 Å². The molecule has 1 aliphatic rings. The fraction of sp³-hybridized carbons (Fsp3) is 0.250. The minimum absolute atomic E-state index is 0.0815. The van der Waals surface area contributed by atoms with Gasteiger partial charge in [-0.15, -0.1) is 0 Å². The molecule has 2 amide bonds. The SMILES string of the molecule is CNC(=O)C1(C)C(C(N)=O)=Nc2ccccc21. The molecule has 1 aliphatic heterocycles. The third-order valence-electron chi connectivity index (χ3n) is 3.06. The highest BCUT2D eigenvalue weighted by atomic mass is 16.2. The Morgan fingerprint density at radius 2 is 2.00 bits per heavy atom. The molecule has 0 saturated heterocycles. The number of nitrogens with two attached hydrogens (primary N) is 1. The van der Waals surface area contributed by atoms with Gasteiger partial charge in [0.1, 0.15) is 11.1 Å². The summed E-state index contributed by atoms with van der Waals surface area (Å²) in [6.07, 6.45) is 0. The first kappa shape index (κ1) is 11.3. The van der Waals surface area contributed by atoms with Crippen molar-refractivity contribution in [3.8, 4) is 0 Å². The quantitative estimate of drug-likeness (QED) is 0.765. The lowest BCUT2D eigenvalue weighted by Gasteiger charge is -2.23. The van der Waals surface area contributed by atoms with Gasteiger partial charge in [0.15, 0.2) is 0 Å². The molecule has 1 aromatic rings. The van der Waals surface area contributed by atoms with Crippen LogP contribution in [0.1, 0.15) is 12.5 Å². The second-order valence-electron chi connectivity index (χ2n) is 4.05. The van der Waals surface area contributed by atoms with Crippen molar-refractivity contribution in [2.24, 2.45) is 10.7 Å². The standard InChI is InChI=1S/C12H13N3O2/c1-12(11(17)14-2)7-5-3-4-6-8(7)15-9(12)10(13)16/h3-6H,1-2H3,(H2,13,16)(H,14,17). The highest BCUT2D eigenvalue weighted by molar-refractivity contribution is 6.48. The largest absolute Gasteiger partial charge is 0.365 e. The van der Waals surface area contributed by atoms with Crippen LogP contribution < -0.4 is 11.1 Å². The molecule has 5 heteroatoms. The van der Waals surface area contributed by atoms with E-state index in [-0.39, 0.29) is 11.6 Å². The molecule has 0 aromatic heterocycles. The normalized spacial score (nSPS) is 21.6. The number of rotatable bonds is 2. The van der Waals surface area contributed by atoms with Crippen molar-refractivity contribution in [3.05, 3.63) is 29.8 Å². The number of benzene rings is 1. The molecular formula is C12H13N3O2. The number of primary amides is 1. The van der Waals surface area contributed by atoms with Crippen LogP contribution in [0.3, 0.4) is 0 Å². The maximum Gasteiger partial charge on any atom is 0.264 e. The minimum atomic E-state index is -1.10. The van der Waals surface area contributed by atoms with Crippen molar-refractivity contribution in [1.82, 2.24) is 5.32 Å². The van der Waals surface area contributed by atoms with Crippen molar-refractivity contribution >= 4 is 23.2 Å². The van der Waals surface area contributed by atoms with Crippen LogP contribution in [0, 0.1) is 0 Å². The predicted molar refractivity (Wildman–Crippen MR) is 64.2 cm³/mol. The number of carbonyl (C=O) groups excluding carboxylic acids is 2. The van der Waals surface area contributed by atoms with E-state index in [1.54, 1.807) is 31.2 Å². The highest BCUT2D eigenvalue weighted by Gasteiger charge is 2.47. The summed E-state index contributed by atoms with van der Waals surface area (Å²) in [5.41, 5.74) is 5.60. The summed E-state index contributed by atoms with van der Waals surface area (Å²) >= 11 is 0. The zero-order valence-corrected chi connectivity index (χ0v) is 9.65. The Bertz CT molecular complexity index is 536. The van der Waals surface area contributed by atoms with Crippen molar-refractivity contribution < 1.29 is 9.59 Å². The second-order valence-corrected chi connectivity index (χ2v) is 4.05. The molecule has 88 valence electrons. The van der Waals surface area contributed by atoms with Gasteiger partial charge in [0.2, 0.25) is 5.91 Å². The molecule has 0 aliphatic carbocycles. The van der Waals surface area contributed by atoms with Crippen LogP contribution in [-0.2, 0) is 15.0 Å². The van der Waals surface area contributed by atoms with Gasteiger partial charge < -0.3 is 11.1 Å². The molecule has 2 rings (SSSR count). The van der Waals surface area contributed by atoms with Gasteiger partial charge in [-0.05, 0) is 18.6 Å². The van der Waals surface area contributed by atoms with Gasteiger partial charge in [0.25, 0.3) is 5.91 Å². The molecule has 3 N–H and O–H groups in total. The topological polar surface area (TPSA) is 84.5 Å². The van der Waals surface area contributed by atoms with E-state index in [0.29, 0.717) is 11.3 Å². The second kappa shape index (κ2) is 3.69. The van der Waals surface area contributed by atoms with Crippen LogP contribution in [0.25, 0.3) is 0 Å². The molecule has 5 nitrogen and oxygen atoms in total. The van der Waals surface area contributed by atoms with Crippen LogP contribution >= 0.6 is 0 Å². The fourth-order valence-corrected chi connectivity index (χ4v) is 2.14. The summed E-state index contributed by atoms with van der Waals surface area (Å²) in [7, 11) is 1.52. The van der Waals surface area contributed by atoms with Gasteiger partial charge in [0.05, 0.1) is 5.69 Å². The van der Waals surface area contributed by atoms with E-state index < -0.39 is 11.3 Å². The van der Waals surface area contributed by atoms with Gasteiger partial charge in [-0.1, -0.05) is 18.2 Å². The predicted octanol–water partition coefficient (Wildman–Crippen LogP) is 0.262. The highest BCUT2D eigenvalue weighted by Crippen LogP contribution is 2.40. The number of carbonyl (C=O) groups is 2. The minimum Gasteiger partial charge on any atom is -0.365 e. The van der Waals surface area contributed by atoms with Crippen molar-refractivity contribution in [1.29, 1.82) is 0 Å². The Kier molecular flexibility index (Phi) is 2.46. The van der Waals surface area contributed by atoms with Crippen LogP contribution in [0.2, 0.25) is 0 Å². The summed E-state index contributed by atoms with van der Waals surface area (Å²) in [5.74, 6) is -0.965. The van der Waals surface area contributed by atoms with Crippen LogP contribution in [0.4, 0.5) is 5.69 Å². The van der Waals surface area contributed by atoms with E-state index in [2.05, 4.69) is 10.3 Å². The Morgan fingerprint density at radius 3 is 2.59 bits per heavy atom. The molecule has 1 aromatic carbocycles. The van der Waals surface area contributed by atoms with Gasteiger partial charge in [-0.2, -0.15) is 0 Å². The number of hydrogen-bond acceptors (Lipinski definition) is 3. The number of para-hydroxylation sites is 1. The summed E-state index contributed by atoms with van der Waals surface area (Å²) in [5, 5.41) is 2.55.